The lowest BCUT2D eigenvalue weighted by Gasteiger charge is -2.29. The Morgan fingerprint density at radius 3 is 2.68 bits per heavy atom. The third-order valence-corrected chi connectivity index (χ3v) is 6.26. The van der Waals surface area contributed by atoms with Gasteiger partial charge in [0.15, 0.2) is 11.5 Å². The van der Waals surface area contributed by atoms with Crippen LogP contribution < -0.4 is 14.8 Å². The summed E-state index contributed by atoms with van der Waals surface area (Å²) < 4.78 is 11.2. The number of amides is 1. The van der Waals surface area contributed by atoms with Gasteiger partial charge in [-0.2, -0.15) is 0 Å². The molecule has 1 saturated heterocycles. The van der Waals surface area contributed by atoms with E-state index in [9.17, 15) is 14.7 Å². The van der Waals surface area contributed by atoms with Crippen LogP contribution in [0.4, 0.5) is 0 Å². The number of hydrogen-bond acceptors (Lipinski definition) is 6. The zero-order valence-electron chi connectivity index (χ0n) is 17.7. The Hall–Kier alpha value is -2.64. The molecule has 0 aromatic heterocycles. The number of aliphatic hydroxyl groups is 1. The third-order valence-electron chi connectivity index (χ3n) is 6.26. The van der Waals surface area contributed by atoms with E-state index in [0.29, 0.717) is 49.7 Å². The summed E-state index contributed by atoms with van der Waals surface area (Å²) in [4.78, 5) is 27.7. The molecule has 1 amide bonds. The quantitative estimate of drug-likeness (QED) is 0.620. The SMILES string of the molecule is C=CC1=CCC(C(=O)C(=O)NC(CN2CCCC2)C(O)c2ccc3c(c2)OCCO3)C1. The Morgan fingerprint density at radius 1 is 1.23 bits per heavy atom. The summed E-state index contributed by atoms with van der Waals surface area (Å²) in [5.74, 6) is -0.200. The lowest BCUT2D eigenvalue weighted by Crippen LogP contribution is -2.49. The van der Waals surface area contributed by atoms with Gasteiger partial charge in [0.05, 0.1) is 6.04 Å². The number of benzene rings is 1. The van der Waals surface area contributed by atoms with Gasteiger partial charge < -0.3 is 24.8 Å². The second kappa shape index (κ2) is 9.66. The molecule has 3 atom stereocenters. The topological polar surface area (TPSA) is 88.1 Å². The van der Waals surface area contributed by atoms with E-state index in [4.69, 9.17) is 9.47 Å². The van der Waals surface area contributed by atoms with Crippen molar-refractivity contribution < 1.29 is 24.2 Å². The van der Waals surface area contributed by atoms with Gasteiger partial charge in [-0.05, 0) is 56.5 Å². The van der Waals surface area contributed by atoms with Gasteiger partial charge in [-0.25, -0.2) is 0 Å². The first kappa shape index (κ1) is 21.6. The Labute approximate surface area is 182 Å². The van der Waals surface area contributed by atoms with Crippen LogP contribution in [-0.4, -0.2) is 60.6 Å². The van der Waals surface area contributed by atoms with E-state index in [1.165, 1.54) is 0 Å². The molecule has 1 aromatic carbocycles. The minimum Gasteiger partial charge on any atom is -0.486 e. The number of nitrogens with zero attached hydrogens (tertiary/aromatic N) is 1. The van der Waals surface area contributed by atoms with Crippen LogP contribution in [0.1, 0.15) is 37.4 Å². The Kier molecular flexibility index (Phi) is 6.73. The van der Waals surface area contributed by atoms with Crippen molar-refractivity contribution >= 4 is 11.7 Å². The summed E-state index contributed by atoms with van der Waals surface area (Å²) in [6.45, 7) is 7.01. The summed E-state index contributed by atoms with van der Waals surface area (Å²) in [7, 11) is 0. The number of fused-ring (bicyclic) bond motifs is 1. The first-order chi connectivity index (χ1) is 15.0. The predicted molar refractivity (Wildman–Crippen MR) is 116 cm³/mol. The minimum absolute atomic E-state index is 0.355. The Morgan fingerprint density at radius 2 is 1.97 bits per heavy atom. The third kappa shape index (κ3) is 4.99. The highest BCUT2D eigenvalue weighted by molar-refractivity contribution is 6.37. The molecule has 31 heavy (non-hydrogen) atoms. The van der Waals surface area contributed by atoms with Crippen molar-refractivity contribution in [1.29, 1.82) is 0 Å². The van der Waals surface area contributed by atoms with E-state index < -0.39 is 23.8 Å². The highest BCUT2D eigenvalue weighted by atomic mass is 16.6. The number of carbonyl (C=O) groups is 2. The molecule has 7 nitrogen and oxygen atoms in total. The van der Waals surface area contributed by atoms with Gasteiger partial charge in [-0.3, -0.25) is 9.59 Å². The summed E-state index contributed by atoms with van der Waals surface area (Å²) >= 11 is 0. The fourth-order valence-corrected chi connectivity index (χ4v) is 4.48. The van der Waals surface area contributed by atoms with Gasteiger partial charge in [0.2, 0.25) is 5.78 Å². The second-order valence-corrected chi connectivity index (χ2v) is 8.42. The molecule has 7 heteroatoms. The van der Waals surface area contributed by atoms with Crippen LogP contribution in [0, 0.1) is 5.92 Å². The molecule has 3 unspecified atom stereocenters. The minimum atomic E-state index is -0.974. The zero-order valence-corrected chi connectivity index (χ0v) is 17.7. The van der Waals surface area contributed by atoms with Crippen LogP contribution in [0.3, 0.4) is 0 Å². The number of ketones is 1. The van der Waals surface area contributed by atoms with Crippen molar-refractivity contribution in [2.45, 2.75) is 37.8 Å². The Bertz CT molecular complexity index is 875. The van der Waals surface area contributed by atoms with E-state index in [0.717, 1.165) is 31.5 Å². The summed E-state index contributed by atoms with van der Waals surface area (Å²) in [6.07, 6.45) is 5.99. The molecule has 4 rings (SSSR count). The highest BCUT2D eigenvalue weighted by Crippen LogP contribution is 2.34. The lowest BCUT2D eigenvalue weighted by atomic mass is 9.97. The van der Waals surface area contributed by atoms with Crippen LogP contribution >= 0.6 is 0 Å². The van der Waals surface area contributed by atoms with Crippen LogP contribution in [0.2, 0.25) is 0 Å². The summed E-state index contributed by atoms with van der Waals surface area (Å²) in [5.41, 5.74) is 1.62. The van der Waals surface area contributed by atoms with Crippen molar-refractivity contribution in [3.8, 4) is 11.5 Å². The number of carbonyl (C=O) groups excluding carboxylic acids is 2. The number of Topliss-reactive ketones (excluding diaryl/α,β-unsaturated/α-hetero) is 1. The number of nitrogens with one attached hydrogen (secondary N) is 1. The normalized spacial score (nSPS) is 22.5. The molecule has 1 aliphatic carbocycles. The fraction of sp³-hybridized carbons (Fsp3) is 0.500. The van der Waals surface area contributed by atoms with Gasteiger partial charge >= 0.3 is 0 Å². The average molecular weight is 427 g/mol. The smallest absolute Gasteiger partial charge is 0.288 e. The molecule has 0 spiro atoms. The highest BCUT2D eigenvalue weighted by Gasteiger charge is 2.33. The van der Waals surface area contributed by atoms with Crippen molar-refractivity contribution in [3.05, 3.63) is 48.1 Å². The molecule has 2 heterocycles. The average Bonchev–Trinajstić information content (AvgIpc) is 3.49. The van der Waals surface area contributed by atoms with Crippen LogP contribution in [0.15, 0.2) is 42.5 Å². The molecule has 0 radical (unpaired) electrons. The molecular formula is C24H30N2O5. The van der Waals surface area contributed by atoms with Gasteiger partial charge in [0.25, 0.3) is 5.91 Å². The first-order valence-electron chi connectivity index (χ1n) is 11.0. The van der Waals surface area contributed by atoms with Crippen molar-refractivity contribution in [3.63, 3.8) is 0 Å². The van der Waals surface area contributed by atoms with Gasteiger partial charge in [-0.15, -0.1) is 0 Å². The van der Waals surface area contributed by atoms with E-state index in [1.807, 2.05) is 6.08 Å². The Balaban J connectivity index is 1.47. The molecule has 3 aliphatic rings. The van der Waals surface area contributed by atoms with Crippen LogP contribution in [0.5, 0.6) is 11.5 Å². The number of allylic oxidation sites excluding steroid dienone is 3. The maximum atomic E-state index is 12.8. The number of hydrogen-bond donors (Lipinski definition) is 2. The molecule has 166 valence electrons. The first-order valence-corrected chi connectivity index (χ1v) is 11.0. The van der Waals surface area contributed by atoms with E-state index in [2.05, 4.69) is 16.8 Å². The molecule has 1 aromatic rings. The molecule has 2 N–H and O–H groups in total. The second-order valence-electron chi connectivity index (χ2n) is 8.42. The standard InChI is InChI=1S/C24H30N2O5/c1-2-16-5-6-17(13-16)23(28)24(29)25-19(15-26-9-3-4-10-26)22(27)18-7-8-20-21(14-18)31-12-11-30-20/h2,5,7-8,14,17,19,22,27H,1,3-4,6,9-13,15H2,(H,25,29). The maximum Gasteiger partial charge on any atom is 0.288 e. The van der Waals surface area contributed by atoms with Gasteiger partial charge in [0.1, 0.15) is 19.3 Å². The van der Waals surface area contributed by atoms with Crippen LogP contribution in [0.25, 0.3) is 0 Å². The van der Waals surface area contributed by atoms with E-state index in [-0.39, 0.29) is 5.92 Å². The number of ether oxygens (including phenoxy) is 2. The zero-order chi connectivity index (χ0) is 21.8. The molecular weight excluding hydrogens is 396 g/mol. The van der Waals surface area contributed by atoms with Crippen molar-refractivity contribution in [1.82, 2.24) is 10.2 Å². The molecule has 2 aliphatic heterocycles. The monoisotopic (exact) mass is 426 g/mol. The predicted octanol–water partition coefficient (Wildman–Crippen LogP) is 2.16. The molecule has 1 fully saturated rings. The lowest BCUT2D eigenvalue weighted by molar-refractivity contribution is -0.141. The number of rotatable bonds is 8. The van der Waals surface area contributed by atoms with Crippen LogP contribution in [-0.2, 0) is 9.59 Å². The molecule has 0 bridgehead atoms. The molecule has 0 saturated carbocycles. The maximum absolute atomic E-state index is 12.8. The number of likely N-dealkylation sites (tertiary alicyclic amines) is 1. The van der Waals surface area contributed by atoms with E-state index >= 15 is 0 Å². The summed E-state index contributed by atoms with van der Waals surface area (Å²) in [6, 6.07) is 4.70. The number of aliphatic hydroxyl groups excluding tert-OH is 1. The summed E-state index contributed by atoms with van der Waals surface area (Å²) in [5, 5.41) is 14.0. The van der Waals surface area contributed by atoms with Crippen molar-refractivity contribution in [2.75, 3.05) is 32.8 Å². The largest absolute Gasteiger partial charge is 0.486 e. The van der Waals surface area contributed by atoms with E-state index in [1.54, 1.807) is 24.3 Å². The van der Waals surface area contributed by atoms with Gasteiger partial charge in [-0.1, -0.05) is 30.4 Å². The fourth-order valence-electron chi connectivity index (χ4n) is 4.48. The van der Waals surface area contributed by atoms with Gasteiger partial charge in [0, 0.05) is 12.5 Å². The van der Waals surface area contributed by atoms with Crippen molar-refractivity contribution in [2.24, 2.45) is 5.92 Å².